The molecule has 5 rings (SSSR count). The number of aryl methyl sites for hydroxylation is 1. The molecule has 0 bridgehead atoms. The fourth-order valence-electron chi connectivity index (χ4n) is 3.61. The third kappa shape index (κ3) is 4.50. The number of benzene rings is 2. The molecule has 0 aliphatic heterocycles. The van der Waals surface area contributed by atoms with Gasteiger partial charge in [-0.2, -0.15) is 0 Å². The molecule has 0 fully saturated rings. The fourth-order valence-corrected chi connectivity index (χ4v) is 5.35. The van der Waals surface area contributed by atoms with Gasteiger partial charge in [-0.1, -0.05) is 47.4 Å². The van der Waals surface area contributed by atoms with Gasteiger partial charge in [0.2, 0.25) is 5.91 Å². The highest BCUT2D eigenvalue weighted by atomic mass is 32.2. The summed E-state index contributed by atoms with van der Waals surface area (Å²) < 4.78 is 8.35. The highest BCUT2D eigenvalue weighted by molar-refractivity contribution is 7.99. The summed E-state index contributed by atoms with van der Waals surface area (Å²) in [6.07, 6.45) is 1.94. The van der Waals surface area contributed by atoms with Gasteiger partial charge in [-0.15, -0.1) is 10.2 Å². The molecule has 33 heavy (non-hydrogen) atoms. The number of amides is 1. The van der Waals surface area contributed by atoms with Crippen LogP contribution in [0.15, 0.2) is 53.8 Å². The lowest BCUT2D eigenvalue weighted by atomic mass is 10.1. The Morgan fingerprint density at radius 3 is 3.00 bits per heavy atom. The second-order valence-electron chi connectivity index (χ2n) is 7.53. The summed E-state index contributed by atoms with van der Waals surface area (Å²) in [6.45, 7) is 3.14. The number of methoxy groups -OCH3 is 1. The number of nitrogens with zero attached hydrogens (tertiary/aromatic N) is 4. The van der Waals surface area contributed by atoms with Crippen molar-refractivity contribution in [3.63, 3.8) is 0 Å². The molecule has 8 nitrogen and oxygen atoms in total. The topological polar surface area (TPSA) is 97.7 Å². The summed E-state index contributed by atoms with van der Waals surface area (Å²) in [6, 6.07) is 14.1. The van der Waals surface area contributed by atoms with Crippen LogP contribution in [-0.4, -0.2) is 50.1 Å². The summed E-state index contributed by atoms with van der Waals surface area (Å²) >= 11 is 2.82. The van der Waals surface area contributed by atoms with Crippen molar-refractivity contribution in [3.05, 3.63) is 54.2 Å². The van der Waals surface area contributed by atoms with Crippen LogP contribution in [0.1, 0.15) is 5.56 Å². The first-order chi connectivity index (χ1) is 16.1. The fraction of sp³-hybridized carbons (Fsp3) is 0.217. The lowest BCUT2D eigenvalue weighted by Crippen LogP contribution is -2.15. The zero-order valence-corrected chi connectivity index (χ0v) is 19.8. The van der Waals surface area contributed by atoms with Gasteiger partial charge in [0.15, 0.2) is 16.1 Å². The first kappa shape index (κ1) is 21.6. The predicted octanol–water partition coefficient (Wildman–Crippen LogP) is 4.72. The van der Waals surface area contributed by atoms with Gasteiger partial charge in [-0.25, -0.2) is 4.98 Å². The Morgan fingerprint density at radius 1 is 1.24 bits per heavy atom. The van der Waals surface area contributed by atoms with Crippen molar-refractivity contribution < 1.29 is 9.53 Å². The van der Waals surface area contributed by atoms with E-state index in [1.165, 1.54) is 28.7 Å². The highest BCUT2D eigenvalue weighted by Gasteiger charge is 2.18. The van der Waals surface area contributed by atoms with Crippen molar-refractivity contribution in [2.45, 2.75) is 18.6 Å². The van der Waals surface area contributed by atoms with Crippen LogP contribution in [0, 0.1) is 6.92 Å². The molecule has 10 heteroatoms. The summed E-state index contributed by atoms with van der Waals surface area (Å²) in [5, 5.41) is 14.0. The Balaban J connectivity index is 1.33. The van der Waals surface area contributed by atoms with Crippen molar-refractivity contribution in [1.29, 1.82) is 0 Å². The van der Waals surface area contributed by atoms with E-state index in [2.05, 4.69) is 37.6 Å². The van der Waals surface area contributed by atoms with E-state index in [1.807, 2.05) is 48.0 Å². The summed E-state index contributed by atoms with van der Waals surface area (Å²) in [5.41, 5.74) is 4.06. The van der Waals surface area contributed by atoms with Gasteiger partial charge in [0.1, 0.15) is 0 Å². The zero-order chi connectivity index (χ0) is 22.8. The largest absolute Gasteiger partial charge is 0.383 e. The van der Waals surface area contributed by atoms with E-state index in [4.69, 9.17) is 4.74 Å². The van der Waals surface area contributed by atoms with E-state index in [-0.39, 0.29) is 11.7 Å². The molecular weight excluding hydrogens is 456 g/mol. The summed E-state index contributed by atoms with van der Waals surface area (Å²) in [4.78, 5) is 20.4. The lowest BCUT2D eigenvalue weighted by molar-refractivity contribution is -0.113. The Hall–Kier alpha value is -3.21. The smallest absolute Gasteiger partial charge is 0.236 e. The maximum Gasteiger partial charge on any atom is 0.236 e. The number of thiazole rings is 1. The van der Waals surface area contributed by atoms with Crippen molar-refractivity contribution in [3.8, 4) is 11.4 Å². The van der Waals surface area contributed by atoms with Crippen molar-refractivity contribution in [2.75, 3.05) is 24.8 Å². The molecule has 3 aromatic heterocycles. The number of fused-ring (bicyclic) bond motifs is 2. The number of carbonyl (C=O) groups is 1. The van der Waals surface area contributed by atoms with Gasteiger partial charge >= 0.3 is 0 Å². The molecular formula is C23H22N6O2S2. The minimum atomic E-state index is -0.134. The Bertz CT molecular complexity index is 1440. The number of aromatic nitrogens is 5. The summed E-state index contributed by atoms with van der Waals surface area (Å²) in [7, 11) is 1.66. The quantitative estimate of drug-likeness (QED) is 0.313. The number of ether oxygens (including phenoxy) is 1. The number of hydrogen-bond acceptors (Lipinski definition) is 7. The maximum absolute atomic E-state index is 12.6. The van der Waals surface area contributed by atoms with E-state index in [1.54, 1.807) is 7.11 Å². The van der Waals surface area contributed by atoms with Gasteiger partial charge in [0.25, 0.3) is 0 Å². The molecule has 3 heterocycles. The van der Waals surface area contributed by atoms with Gasteiger partial charge < -0.3 is 15.0 Å². The first-order valence-corrected chi connectivity index (χ1v) is 12.2. The number of anilines is 1. The maximum atomic E-state index is 12.6. The van der Waals surface area contributed by atoms with E-state index in [0.717, 1.165) is 32.5 Å². The van der Waals surface area contributed by atoms with E-state index in [0.29, 0.717) is 23.4 Å². The molecule has 168 valence electrons. The second-order valence-corrected chi connectivity index (χ2v) is 9.50. The number of hydrogen-bond donors (Lipinski definition) is 2. The van der Waals surface area contributed by atoms with Crippen LogP contribution < -0.4 is 5.32 Å². The Morgan fingerprint density at radius 2 is 2.12 bits per heavy atom. The molecule has 0 spiro atoms. The van der Waals surface area contributed by atoms with Gasteiger partial charge in [-0.3, -0.25) is 9.36 Å². The summed E-state index contributed by atoms with van der Waals surface area (Å²) in [5.74, 6) is 0.813. The molecule has 0 aliphatic carbocycles. The van der Waals surface area contributed by atoms with Crippen LogP contribution in [0.2, 0.25) is 0 Å². The van der Waals surface area contributed by atoms with Crippen molar-refractivity contribution in [2.24, 2.45) is 0 Å². The standard InChI is InChI=1S/C23H22N6O2S2/c1-14-7-8-18-19(11-14)33-22(25-18)26-20(30)13-32-23-28-27-21(29(23)9-10-31-2)16-12-24-17-6-4-3-5-15(16)17/h3-8,11-12,24H,9-10,13H2,1-2H3,(H,25,26,30). The molecule has 0 saturated carbocycles. The minimum absolute atomic E-state index is 0.134. The number of aromatic amines is 1. The molecule has 0 aliphatic rings. The molecule has 0 saturated heterocycles. The molecule has 2 N–H and O–H groups in total. The van der Waals surface area contributed by atoms with Crippen LogP contribution >= 0.6 is 23.1 Å². The number of rotatable bonds is 8. The third-order valence-corrected chi connectivity index (χ3v) is 7.09. The monoisotopic (exact) mass is 478 g/mol. The van der Waals surface area contributed by atoms with E-state index in [9.17, 15) is 4.79 Å². The third-order valence-electron chi connectivity index (χ3n) is 5.19. The van der Waals surface area contributed by atoms with Crippen LogP contribution in [-0.2, 0) is 16.1 Å². The number of thioether (sulfide) groups is 1. The van der Waals surface area contributed by atoms with E-state index >= 15 is 0 Å². The highest BCUT2D eigenvalue weighted by Crippen LogP contribution is 2.30. The zero-order valence-electron chi connectivity index (χ0n) is 18.2. The average Bonchev–Trinajstić information content (AvgIpc) is 3.51. The Labute approximate surface area is 198 Å². The predicted molar refractivity (Wildman–Crippen MR) is 133 cm³/mol. The number of carbonyl (C=O) groups excluding carboxylic acids is 1. The molecule has 0 radical (unpaired) electrons. The molecule has 0 unspecified atom stereocenters. The second kappa shape index (κ2) is 9.34. The lowest BCUT2D eigenvalue weighted by Gasteiger charge is -2.09. The Kier molecular flexibility index (Phi) is 6.12. The van der Waals surface area contributed by atoms with Gasteiger partial charge in [-0.05, 0) is 30.7 Å². The van der Waals surface area contributed by atoms with Crippen molar-refractivity contribution >= 4 is 55.3 Å². The molecule has 0 atom stereocenters. The molecule has 1 amide bonds. The molecule has 5 aromatic rings. The number of para-hydroxylation sites is 1. The van der Waals surface area contributed by atoms with Crippen LogP contribution in [0.25, 0.3) is 32.5 Å². The van der Waals surface area contributed by atoms with Crippen LogP contribution in [0.5, 0.6) is 0 Å². The van der Waals surface area contributed by atoms with Gasteiger partial charge in [0, 0.05) is 29.8 Å². The normalized spacial score (nSPS) is 11.5. The first-order valence-electron chi connectivity index (χ1n) is 10.4. The molecule has 2 aromatic carbocycles. The van der Waals surface area contributed by atoms with Crippen LogP contribution in [0.4, 0.5) is 5.13 Å². The number of nitrogens with one attached hydrogen (secondary N) is 2. The minimum Gasteiger partial charge on any atom is -0.383 e. The van der Waals surface area contributed by atoms with E-state index < -0.39 is 0 Å². The van der Waals surface area contributed by atoms with Crippen molar-refractivity contribution in [1.82, 2.24) is 24.7 Å². The number of H-pyrrole nitrogens is 1. The van der Waals surface area contributed by atoms with Gasteiger partial charge in [0.05, 0.1) is 29.1 Å². The van der Waals surface area contributed by atoms with Crippen LogP contribution in [0.3, 0.4) is 0 Å². The SMILES string of the molecule is COCCn1c(SCC(=O)Nc2nc3ccc(C)cc3s2)nnc1-c1c[nH]c2ccccc12. The average molecular weight is 479 g/mol.